The molecule has 0 N–H and O–H groups in total. The molecular formula is C33H22O3. The Bertz CT molecular complexity index is 1550. The SMILES string of the molecule is O=C(c1ccc(Oc2cccc3ccccc23)cc1)c1ccc(Oc2cccc3ccccc23)cc1. The van der Waals surface area contributed by atoms with Crippen molar-refractivity contribution in [3.05, 3.63) is 145 Å². The van der Waals surface area contributed by atoms with Crippen LogP contribution in [0.2, 0.25) is 0 Å². The lowest BCUT2D eigenvalue weighted by molar-refractivity contribution is 0.103. The minimum Gasteiger partial charge on any atom is -0.457 e. The zero-order valence-electron chi connectivity index (χ0n) is 19.4. The van der Waals surface area contributed by atoms with Gasteiger partial charge >= 0.3 is 0 Å². The smallest absolute Gasteiger partial charge is 0.193 e. The van der Waals surface area contributed by atoms with Crippen molar-refractivity contribution in [2.75, 3.05) is 0 Å². The first-order valence-electron chi connectivity index (χ1n) is 11.8. The minimum atomic E-state index is -0.0524. The molecule has 6 aromatic carbocycles. The Morgan fingerprint density at radius 1 is 0.417 bits per heavy atom. The summed E-state index contributed by atoms with van der Waals surface area (Å²) in [5.41, 5.74) is 1.20. The van der Waals surface area contributed by atoms with Gasteiger partial charge in [0, 0.05) is 21.9 Å². The topological polar surface area (TPSA) is 35.5 Å². The molecule has 0 saturated heterocycles. The number of hydrogen-bond acceptors (Lipinski definition) is 3. The van der Waals surface area contributed by atoms with E-state index in [9.17, 15) is 4.79 Å². The van der Waals surface area contributed by atoms with Crippen molar-refractivity contribution < 1.29 is 14.3 Å². The van der Waals surface area contributed by atoms with E-state index in [1.54, 1.807) is 24.3 Å². The number of ether oxygens (including phenoxy) is 2. The molecule has 6 rings (SSSR count). The maximum absolute atomic E-state index is 13.1. The molecule has 0 aliphatic carbocycles. The molecule has 0 aromatic heterocycles. The summed E-state index contributed by atoms with van der Waals surface area (Å²) in [5.74, 6) is 2.88. The van der Waals surface area contributed by atoms with Crippen molar-refractivity contribution in [2.45, 2.75) is 0 Å². The summed E-state index contributed by atoms with van der Waals surface area (Å²) in [7, 11) is 0. The van der Waals surface area contributed by atoms with Crippen molar-refractivity contribution in [1.82, 2.24) is 0 Å². The van der Waals surface area contributed by atoms with Crippen LogP contribution in [0.1, 0.15) is 15.9 Å². The van der Waals surface area contributed by atoms with E-state index < -0.39 is 0 Å². The van der Waals surface area contributed by atoms with Crippen LogP contribution < -0.4 is 9.47 Å². The highest BCUT2D eigenvalue weighted by molar-refractivity contribution is 6.09. The maximum atomic E-state index is 13.1. The van der Waals surface area contributed by atoms with Crippen LogP contribution in [0.25, 0.3) is 21.5 Å². The van der Waals surface area contributed by atoms with E-state index in [-0.39, 0.29) is 5.78 Å². The second-order valence-electron chi connectivity index (χ2n) is 8.54. The predicted octanol–water partition coefficient (Wildman–Crippen LogP) is 8.81. The van der Waals surface area contributed by atoms with Gasteiger partial charge in [-0.25, -0.2) is 0 Å². The predicted molar refractivity (Wildman–Crippen MR) is 144 cm³/mol. The summed E-state index contributed by atoms with van der Waals surface area (Å²) in [6.07, 6.45) is 0. The molecule has 3 nitrogen and oxygen atoms in total. The molecule has 0 unspecified atom stereocenters. The van der Waals surface area contributed by atoms with E-state index in [2.05, 4.69) is 24.3 Å². The third-order valence-electron chi connectivity index (χ3n) is 6.19. The monoisotopic (exact) mass is 466 g/mol. The Morgan fingerprint density at radius 3 is 1.25 bits per heavy atom. The molecule has 0 heterocycles. The summed E-state index contributed by atoms with van der Waals surface area (Å²) >= 11 is 0. The molecule has 0 spiro atoms. The fraction of sp³-hybridized carbons (Fsp3) is 0. The maximum Gasteiger partial charge on any atom is 0.193 e. The summed E-state index contributed by atoms with van der Waals surface area (Å²) in [4.78, 5) is 13.1. The highest BCUT2D eigenvalue weighted by Gasteiger charge is 2.11. The molecular weight excluding hydrogens is 444 g/mol. The molecule has 0 saturated carbocycles. The minimum absolute atomic E-state index is 0.0524. The van der Waals surface area contributed by atoms with E-state index >= 15 is 0 Å². The Morgan fingerprint density at radius 2 is 0.806 bits per heavy atom. The summed E-state index contributed by atoms with van der Waals surface area (Å²) in [5, 5.41) is 4.33. The average molecular weight is 467 g/mol. The molecule has 0 amide bonds. The third-order valence-corrected chi connectivity index (χ3v) is 6.19. The Hall–Kier alpha value is -4.89. The van der Waals surface area contributed by atoms with Gasteiger partial charge in [-0.05, 0) is 71.4 Å². The average Bonchev–Trinajstić information content (AvgIpc) is 2.94. The summed E-state index contributed by atoms with van der Waals surface area (Å²) in [6.45, 7) is 0. The van der Waals surface area contributed by atoms with Gasteiger partial charge in [0.2, 0.25) is 0 Å². The molecule has 0 atom stereocenters. The fourth-order valence-corrected chi connectivity index (χ4v) is 4.34. The zero-order valence-corrected chi connectivity index (χ0v) is 19.4. The lowest BCUT2D eigenvalue weighted by atomic mass is 10.0. The molecule has 0 bridgehead atoms. The second kappa shape index (κ2) is 9.40. The van der Waals surface area contributed by atoms with Gasteiger partial charge in [-0.1, -0.05) is 72.8 Å². The van der Waals surface area contributed by atoms with Crippen molar-refractivity contribution in [2.24, 2.45) is 0 Å². The molecule has 172 valence electrons. The van der Waals surface area contributed by atoms with Crippen molar-refractivity contribution in [1.29, 1.82) is 0 Å². The molecule has 0 fully saturated rings. The van der Waals surface area contributed by atoms with Crippen LogP contribution in [0.15, 0.2) is 133 Å². The van der Waals surface area contributed by atoms with Gasteiger partial charge in [-0.15, -0.1) is 0 Å². The van der Waals surface area contributed by atoms with Crippen LogP contribution in [-0.4, -0.2) is 5.78 Å². The van der Waals surface area contributed by atoms with Crippen LogP contribution in [0.3, 0.4) is 0 Å². The van der Waals surface area contributed by atoms with Crippen molar-refractivity contribution >= 4 is 27.3 Å². The van der Waals surface area contributed by atoms with Gasteiger partial charge in [-0.3, -0.25) is 4.79 Å². The lowest BCUT2D eigenvalue weighted by Crippen LogP contribution is -2.01. The molecule has 0 radical (unpaired) electrons. The van der Waals surface area contributed by atoms with E-state index in [4.69, 9.17) is 9.47 Å². The Labute approximate surface area is 209 Å². The lowest BCUT2D eigenvalue weighted by Gasteiger charge is -2.10. The number of fused-ring (bicyclic) bond motifs is 2. The highest BCUT2D eigenvalue weighted by Crippen LogP contribution is 2.31. The van der Waals surface area contributed by atoms with Crippen molar-refractivity contribution in [3.8, 4) is 23.0 Å². The number of rotatable bonds is 6. The molecule has 0 aliphatic heterocycles. The van der Waals surface area contributed by atoms with Gasteiger partial charge < -0.3 is 9.47 Å². The molecule has 3 heteroatoms. The van der Waals surface area contributed by atoms with Crippen LogP contribution in [0.5, 0.6) is 23.0 Å². The van der Waals surface area contributed by atoms with E-state index in [1.165, 1.54) is 0 Å². The van der Waals surface area contributed by atoms with Crippen LogP contribution in [0.4, 0.5) is 0 Å². The quantitative estimate of drug-likeness (QED) is 0.230. The largest absolute Gasteiger partial charge is 0.457 e. The number of ketones is 1. The first-order chi connectivity index (χ1) is 17.7. The number of carbonyl (C=O) groups excluding carboxylic acids is 1. The Balaban J connectivity index is 1.17. The van der Waals surface area contributed by atoms with Gasteiger partial charge in [-0.2, -0.15) is 0 Å². The van der Waals surface area contributed by atoms with E-state index in [1.807, 2.05) is 84.9 Å². The van der Waals surface area contributed by atoms with Gasteiger partial charge in [0.25, 0.3) is 0 Å². The molecule has 0 aliphatic rings. The summed E-state index contributed by atoms with van der Waals surface area (Å²) < 4.78 is 12.2. The van der Waals surface area contributed by atoms with E-state index in [0.29, 0.717) is 22.6 Å². The number of hydrogen-bond donors (Lipinski definition) is 0. The first-order valence-corrected chi connectivity index (χ1v) is 11.8. The van der Waals surface area contributed by atoms with Crippen LogP contribution >= 0.6 is 0 Å². The van der Waals surface area contributed by atoms with E-state index in [0.717, 1.165) is 33.0 Å². The first kappa shape index (κ1) is 21.6. The fourth-order valence-electron chi connectivity index (χ4n) is 4.34. The number of carbonyl (C=O) groups is 1. The normalized spacial score (nSPS) is 10.9. The van der Waals surface area contributed by atoms with Crippen LogP contribution in [-0.2, 0) is 0 Å². The zero-order chi connectivity index (χ0) is 24.3. The van der Waals surface area contributed by atoms with Crippen molar-refractivity contribution in [3.63, 3.8) is 0 Å². The number of benzene rings is 6. The van der Waals surface area contributed by atoms with Crippen LogP contribution in [0, 0.1) is 0 Å². The van der Waals surface area contributed by atoms with Gasteiger partial charge in [0.05, 0.1) is 0 Å². The highest BCUT2D eigenvalue weighted by atomic mass is 16.5. The molecule has 6 aromatic rings. The van der Waals surface area contributed by atoms with Gasteiger partial charge in [0.1, 0.15) is 23.0 Å². The standard InChI is InChI=1S/C33H22O3/c34-33(25-15-19-27(20-16-25)35-31-13-5-9-23-7-1-3-11-29(23)31)26-17-21-28(22-18-26)36-32-14-6-10-24-8-2-4-12-30(24)32/h1-22H. The second-order valence-corrected chi connectivity index (χ2v) is 8.54. The summed E-state index contributed by atoms with van der Waals surface area (Å²) in [6, 6.07) is 42.6. The van der Waals surface area contributed by atoms with Gasteiger partial charge in [0.15, 0.2) is 5.78 Å². The molecule has 36 heavy (non-hydrogen) atoms. The third kappa shape index (κ3) is 4.30. The Kier molecular flexibility index (Phi) is 5.65.